The maximum atomic E-state index is 13.0. The first-order valence-electron chi connectivity index (χ1n) is 19.0. The maximum absolute atomic E-state index is 13.0. The van der Waals surface area contributed by atoms with E-state index in [2.05, 4.69) is 35.6 Å². The molecule has 2 aromatic rings. The fourth-order valence-corrected chi connectivity index (χ4v) is 6.21. The minimum absolute atomic E-state index is 0.103. The fraction of sp³-hybridized carbons (Fsp3) is 0.600. The predicted octanol–water partition coefficient (Wildman–Crippen LogP) is 7.96. The third kappa shape index (κ3) is 14.8. The molecule has 0 bridgehead atoms. The van der Waals surface area contributed by atoms with Gasteiger partial charge in [0.1, 0.15) is 11.5 Å². The SMILES string of the molecule is CCCCCCCc1cccc(O)c1C(=O)NNC(=O)C(C)CCCCCC(CC)C(=O)NNC(=O)c1c(O)cccc1CCCCCCC. The number of amides is 4. The second kappa shape index (κ2) is 24.1. The van der Waals surface area contributed by atoms with E-state index in [9.17, 15) is 29.4 Å². The summed E-state index contributed by atoms with van der Waals surface area (Å²) in [5.74, 6) is -2.48. The Morgan fingerprint density at radius 3 is 1.48 bits per heavy atom. The molecule has 50 heavy (non-hydrogen) atoms. The lowest BCUT2D eigenvalue weighted by Gasteiger charge is -2.17. The molecule has 6 N–H and O–H groups in total. The molecule has 0 heterocycles. The molecular formula is C40H62N4O6. The quantitative estimate of drug-likeness (QED) is 0.0512. The van der Waals surface area contributed by atoms with E-state index in [1.807, 2.05) is 19.1 Å². The van der Waals surface area contributed by atoms with Crippen molar-refractivity contribution in [3.63, 3.8) is 0 Å². The molecule has 0 aromatic heterocycles. The lowest BCUT2D eigenvalue weighted by Crippen LogP contribution is -2.44. The molecule has 0 spiro atoms. The molecule has 2 atom stereocenters. The second-order valence-corrected chi connectivity index (χ2v) is 13.5. The Hall–Kier alpha value is -4.08. The summed E-state index contributed by atoms with van der Waals surface area (Å²) in [6.07, 6.45) is 16.5. The average molecular weight is 695 g/mol. The van der Waals surface area contributed by atoms with Crippen molar-refractivity contribution in [3.8, 4) is 11.5 Å². The maximum Gasteiger partial charge on any atom is 0.273 e. The Bertz CT molecular complexity index is 1350. The van der Waals surface area contributed by atoms with Crippen molar-refractivity contribution in [2.24, 2.45) is 11.8 Å². The van der Waals surface area contributed by atoms with Gasteiger partial charge >= 0.3 is 0 Å². The zero-order valence-corrected chi connectivity index (χ0v) is 30.9. The van der Waals surface area contributed by atoms with E-state index in [1.54, 1.807) is 19.1 Å². The largest absolute Gasteiger partial charge is 0.507 e. The van der Waals surface area contributed by atoms with Crippen molar-refractivity contribution >= 4 is 23.6 Å². The van der Waals surface area contributed by atoms with Crippen LogP contribution in [-0.4, -0.2) is 33.8 Å². The van der Waals surface area contributed by atoms with Gasteiger partial charge in [0.25, 0.3) is 11.8 Å². The Kier molecular flexibility index (Phi) is 20.3. The standard InChI is InChI=1S/C40H62N4O6/c1-5-8-10-12-16-23-31-25-19-27-33(45)35(31)39(49)43-41-37(47)29(4)21-15-14-18-22-30(7-3)38(48)42-44-40(50)36-32(26-20-28-34(36)46)24-17-13-11-9-6-2/h19-20,25-30,45-46H,5-18,21-24H2,1-4H3,(H,41,47)(H,42,48)(H,43,49)(H,44,50). The number of hydrazine groups is 2. The highest BCUT2D eigenvalue weighted by Crippen LogP contribution is 2.24. The van der Waals surface area contributed by atoms with Crippen LogP contribution in [0.4, 0.5) is 0 Å². The van der Waals surface area contributed by atoms with E-state index < -0.39 is 11.8 Å². The van der Waals surface area contributed by atoms with Gasteiger partial charge in [0.15, 0.2) is 0 Å². The summed E-state index contributed by atoms with van der Waals surface area (Å²) in [5, 5.41) is 20.8. The zero-order valence-electron chi connectivity index (χ0n) is 30.9. The van der Waals surface area contributed by atoms with Gasteiger partial charge in [-0.05, 0) is 68.2 Å². The van der Waals surface area contributed by atoms with Crippen LogP contribution >= 0.6 is 0 Å². The molecule has 0 saturated heterocycles. The summed E-state index contributed by atoms with van der Waals surface area (Å²) in [5.41, 5.74) is 11.9. The van der Waals surface area contributed by atoms with Crippen molar-refractivity contribution in [3.05, 3.63) is 58.7 Å². The van der Waals surface area contributed by atoms with Crippen LogP contribution in [0, 0.1) is 11.8 Å². The summed E-state index contributed by atoms with van der Waals surface area (Å²) in [4.78, 5) is 51.4. The van der Waals surface area contributed by atoms with Crippen LogP contribution in [0.5, 0.6) is 11.5 Å². The smallest absolute Gasteiger partial charge is 0.273 e. The van der Waals surface area contributed by atoms with Gasteiger partial charge in [-0.2, -0.15) is 0 Å². The molecule has 0 saturated carbocycles. The molecule has 0 aliphatic carbocycles. The molecule has 0 aliphatic heterocycles. The number of rotatable bonds is 23. The van der Waals surface area contributed by atoms with Crippen molar-refractivity contribution in [1.29, 1.82) is 0 Å². The zero-order chi connectivity index (χ0) is 36.7. The van der Waals surface area contributed by atoms with Gasteiger partial charge in [-0.3, -0.25) is 40.9 Å². The minimum Gasteiger partial charge on any atom is -0.507 e. The Morgan fingerprint density at radius 1 is 0.560 bits per heavy atom. The molecule has 10 nitrogen and oxygen atoms in total. The number of hydrogen-bond donors (Lipinski definition) is 6. The number of nitrogens with one attached hydrogen (secondary N) is 4. The van der Waals surface area contributed by atoms with Gasteiger partial charge in [0, 0.05) is 11.8 Å². The molecule has 0 aliphatic rings. The van der Waals surface area contributed by atoms with Crippen molar-refractivity contribution in [1.82, 2.24) is 21.7 Å². The minimum atomic E-state index is -0.536. The Balaban J connectivity index is 1.73. The topological polar surface area (TPSA) is 157 Å². The number of benzene rings is 2. The third-order valence-corrected chi connectivity index (χ3v) is 9.41. The molecule has 2 unspecified atom stereocenters. The summed E-state index contributed by atoms with van der Waals surface area (Å²) >= 11 is 0. The van der Waals surface area contributed by atoms with Crippen molar-refractivity contribution < 1.29 is 29.4 Å². The van der Waals surface area contributed by atoms with Crippen LogP contribution in [0.2, 0.25) is 0 Å². The van der Waals surface area contributed by atoms with Crippen LogP contribution < -0.4 is 21.7 Å². The van der Waals surface area contributed by atoms with Crippen molar-refractivity contribution in [2.45, 2.75) is 143 Å². The highest BCUT2D eigenvalue weighted by Gasteiger charge is 2.21. The molecule has 2 aromatic carbocycles. The molecule has 4 amide bonds. The fourth-order valence-electron chi connectivity index (χ4n) is 6.21. The van der Waals surface area contributed by atoms with Crippen LogP contribution in [0.3, 0.4) is 0 Å². The number of unbranched alkanes of at least 4 members (excludes halogenated alkanes) is 10. The number of aromatic hydroxyl groups is 2. The van der Waals surface area contributed by atoms with Gasteiger partial charge in [0.2, 0.25) is 11.8 Å². The first kappa shape index (κ1) is 42.1. The summed E-state index contributed by atoms with van der Waals surface area (Å²) in [7, 11) is 0. The van der Waals surface area contributed by atoms with Gasteiger partial charge in [0.05, 0.1) is 11.1 Å². The van der Waals surface area contributed by atoms with E-state index in [4.69, 9.17) is 0 Å². The predicted molar refractivity (Wildman–Crippen MR) is 198 cm³/mol. The van der Waals surface area contributed by atoms with E-state index in [-0.39, 0.29) is 46.3 Å². The van der Waals surface area contributed by atoms with E-state index >= 15 is 0 Å². The van der Waals surface area contributed by atoms with Crippen LogP contribution in [-0.2, 0) is 22.4 Å². The number of aryl methyl sites for hydroxylation is 2. The van der Waals surface area contributed by atoms with E-state index in [0.717, 1.165) is 81.8 Å². The van der Waals surface area contributed by atoms with E-state index in [1.165, 1.54) is 25.0 Å². The number of carbonyl (C=O) groups is 4. The van der Waals surface area contributed by atoms with E-state index in [0.29, 0.717) is 32.1 Å². The highest BCUT2D eigenvalue weighted by atomic mass is 16.3. The third-order valence-electron chi connectivity index (χ3n) is 9.41. The molecule has 0 radical (unpaired) electrons. The first-order chi connectivity index (χ1) is 24.1. The number of phenols is 2. The molecule has 2 rings (SSSR count). The molecular weight excluding hydrogens is 632 g/mol. The monoisotopic (exact) mass is 694 g/mol. The summed E-state index contributed by atoms with van der Waals surface area (Å²) in [6.45, 7) is 8.06. The van der Waals surface area contributed by atoms with Crippen LogP contribution in [0.1, 0.15) is 162 Å². The molecule has 10 heteroatoms. The number of carbonyl (C=O) groups excluding carboxylic acids is 4. The molecule has 0 fully saturated rings. The van der Waals surface area contributed by atoms with Crippen molar-refractivity contribution in [2.75, 3.05) is 0 Å². The second-order valence-electron chi connectivity index (χ2n) is 13.5. The van der Waals surface area contributed by atoms with Crippen LogP contribution in [0.15, 0.2) is 36.4 Å². The van der Waals surface area contributed by atoms with Gasteiger partial charge in [-0.1, -0.05) is 123 Å². The normalized spacial score (nSPS) is 12.2. The summed E-state index contributed by atoms with van der Waals surface area (Å²) in [6, 6.07) is 10.1. The van der Waals surface area contributed by atoms with Gasteiger partial charge < -0.3 is 10.2 Å². The van der Waals surface area contributed by atoms with Gasteiger partial charge in [-0.25, -0.2) is 0 Å². The Morgan fingerprint density at radius 2 is 1.00 bits per heavy atom. The first-order valence-corrected chi connectivity index (χ1v) is 19.0. The number of hydrogen-bond acceptors (Lipinski definition) is 6. The summed E-state index contributed by atoms with van der Waals surface area (Å²) < 4.78 is 0. The lowest BCUT2D eigenvalue weighted by molar-refractivity contribution is -0.126. The molecule has 278 valence electrons. The highest BCUT2D eigenvalue weighted by molar-refractivity contribution is 6.00. The number of phenolic OH excluding ortho intramolecular Hbond substituents is 2. The average Bonchev–Trinajstić information content (AvgIpc) is 3.10. The van der Waals surface area contributed by atoms with Gasteiger partial charge in [-0.15, -0.1) is 0 Å². The van der Waals surface area contributed by atoms with Crippen LogP contribution in [0.25, 0.3) is 0 Å². The lowest BCUT2D eigenvalue weighted by atomic mass is 9.96. The Labute approximate surface area is 299 Å².